The first-order chi connectivity index (χ1) is 8.13. The minimum absolute atomic E-state index is 0.777. The van der Waals surface area contributed by atoms with E-state index in [4.69, 9.17) is 11.6 Å². The number of halogens is 2. The van der Waals surface area contributed by atoms with Crippen LogP contribution in [0.4, 0.5) is 0 Å². The zero-order valence-electron chi connectivity index (χ0n) is 10.6. The second kappa shape index (κ2) is 8.52. The summed E-state index contributed by atoms with van der Waals surface area (Å²) in [6.45, 7) is 6.82. The van der Waals surface area contributed by atoms with Crippen LogP contribution in [0.3, 0.4) is 0 Å². The molecular formula is C13H21BrClNS. The molecule has 1 aromatic heterocycles. The highest BCUT2D eigenvalue weighted by Gasteiger charge is 2.07. The second-order valence-electron chi connectivity index (χ2n) is 4.52. The van der Waals surface area contributed by atoms with E-state index in [2.05, 4.69) is 41.2 Å². The van der Waals surface area contributed by atoms with Gasteiger partial charge in [0.15, 0.2) is 0 Å². The lowest BCUT2D eigenvalue weighted by atomic mass is 10.0. The molecular weight excluding hydrogens is 318 g/mol. The van der Waals surface area contributed by atoms with E-state index >= 15 is 0 Å². The summed E-state index contributed by atoms with van der Waals surface area (Å²) in [6.07, 6.45) is 4.87. The normalized spacial score (nSPS) is 12.9. The third kappa shape index (κ3) is 6.23. The SMILES string of the molecule is CCCNCCC(C)CCc1cc(Br)c(Cl)s1. The molecule has 0 spiro atoms. The van der Waals surface area contributed by atoms with E-state index in [-0.39, 0.29) is 0 Å². The predicted octanol–water partition coefficient (Wildman–Crippen LogP) is 5.12. The van der Waals surface area contributed by atoms with Crippen LogP contribution in [0, 0.1) is 5.92 Å². The Balaban J connectivity index is 2.17. The lowest BCUT2D eigenvalue weighted by Gasteiger charge is -2.10. The maximum absolute atomic E-state index is 6.02. The zero-order chi connectivity index (χ0) is 12.7. The molecule has 1 atom stereocenters. The first-order valence-electron chi connectivity index (χ1n) is 6.28. The lowest BCUT2D eigenvalue weighted by Crippen LogP contribution is -2.18. The van der Waals surface area contributed by atoms with Crippen molar-refractivity contribution in [2.24, 2.45) is 5.92 Å². The fourth-order valence-corrected chi connectivity index (χ4v) is 3.50. The zero-order valence-corrected chi connectivity index (χ0v) is 13.7. The minimum atomic E-state index is 0.777. The van der Waals surface area contributed by atoms with E-state index in [0.717, 1.165) is 34.2 Å². The lowest BCUT2D eigenvalue weighted by molar-refractivity contribution is 0.471. The van der Waals surface area contributed by atoms with Crippen molar-refractivity contribution in [3.8, 4) is 0 Å². The molecule has 0 aromatic carbocycles. The molecule has 1 N–H and O–H groups in total. The van der Waals surface area contributed by atoms with Crippen LogP contribution < -0.4 is 5.32 Å². The van der Waals surface area contributed by atoms with Crippen LogP contribution in [-0.2, 0) is 6.42 Å². The Kier molecular flexibility index (Phi) is 7.76. The van der Waals surface area contributed by atoms with Crippen molar-refractivity contribution >= 4 is 38.9 Å². The van der Waals surface area contributed by atoms with E-state index in [9.17, 15) is 0 Å². The van der Waals surface area contributed by atoms with Gasteiger partial charge in [0.05, 0.1) is 0 Å². The Morgan fingerprint density at radius 1 is 1.41 bits per heavy atom. The molecule has 1 rings (SSSR count). The Bertz CT molecular complexity index is 308. The molecule has 1 heterocycles. The van der Waals surface area contributed by atoms with Crippen LogP contribution in [0.2, 0.25) is 4.34 Å². The molecule has 0 aliphatic rings. The first kappa shape index (κ1) is 15.5. The third-order valence-electron chi connectivity index (χ3n) is 2.82. The van der Waals surface area contributed by atoms with Crippen molar-refractivity contribution in [2.75, 3.05) is 13.1 Å². The van der Waals surface area contributed by atoms with E-state index in [0.29, 0.717) is 0 Å². The van der Waals surface area contributed by atoms with Gasteiger partial charge in [-0.1, -0.05) is 25.4 Å². The molecule has 0 saturated carbocycles. The van der Waals surface area contributed by atoms with Gasteiger partial charge < -0.3 is 5.32 Å². The largest absolute Gasteiger partial charge is 0.317 e. The minimum Gasteiger partial charge on any atom is -0.317 e. The molecule has 1 unspecified atom stereocenters. The molecule has 0 aliphatic heterocycles. The Labute approximate surface area is 122 Å². The summed E-state index contributed by atoms with van der Waals surface area (Å²) in [5.74, 6) is 0.777. The fraction of sp³-hybridized carbons (Fsp3) is 0.692. The predicted molar refractivity (Wildman–Crippen MR) is 82.3 cm³/mol. The van der Waals surface area contributed by atoms with Crippen LogP contribution >= 0.6 is 38.9 Å². The molecule has 17 heavy (non-hydrogen) atoms. The molecule has 1 aromatic rings. The summed E-state index contributed by atoms with van der Waals surface area (Å²) in [4.78, 5) is 1.38. The Morgan fingerprint density at radius 2 is 2.18 bits per heavy atom. The van der Waals surface area contributed by atoms with Crippen molar-refractivity contribution < 1.29 is 0 Å². The van der Waals surface area contributed by atoms with Gasteiger partial charge in [-0.05, 0) is 66.7 Å². The number of hydrogen-bond donors (Lipinski definition) is 1. The average molecular weight is 339 g/mol. The molecule has 4 heteroatoms. The summed E-state index contributed by atoms with van der Waals surface area (Å²) in [7, 11) is 0. The number of thiophene rings is 1. The maximum Gasteiger partial charge on any atom is 0.107 e. The third-order valence-corrected chi connectivity index (χ3v) is 5.35. The molecule has 0 bridgehead atoms. The molecule has 0 aliphatic carbocycles. The van der Waals surface area contributed by atoms with Crippen LogP contribution in [0.15, 0.2) is 10.5 Å². The molecule has 0 fully saturated rings. The molecule has 0 radical (unpaired) electrons. The van der Waals surface area contributed by atoms with Crippen molar-refractivity contribution in [1.82, 2.24) is 5.32 Å². The van der Waals surface area contributed by atoms with Crippen LogP contribution in [0.5, 0.6) is 0 Å². The highest BCUT2D eigenvalue weighted by atomic mass is 79.9. The summed E-state index contributed by atoms with van der Waals surface area (Å²) in [6, 6.07) is 2.15. The summed E-state index contributed by atoms with van der Waals surface area (Å²) in [5, 5.41) is 3.45. The van der Waals surface area contributed by atoms with Gasteiger partial charge in [0.1, 0.15) is 4.34 Å². The van der Waals surface area contributed by atoms with Gasteiger partial charge in [0.25, 0.3) is 0 Å². The van der Waals surface area contributed by atoms with Gasteiger partial charge in [-0.2, -0.15) is 0 Å². The summed E-state index contributed by atoms with van der Waals surface area (Å²) < 4.78 is 1.91. The second-order valence-corrected chi connectivity index (χ2v) is 7.11. The van der Waals surface area contributed by atoms with Crippen molar-refractivity contribution in [3.63, 3.8) is 0 Å². The van der Waals surface area contributed by atoms with Gasteiger partial charge in [0, 0.05) is 9.35 Å². The summed E-state index contributed by atoms with van der Waals surface area (Å²) >= 11 is 11.2. The van der Waals surface area contributed by atoms with Crippen LogP contribution in [0.25, 0.3) is 0 Å². The molecule has 1 nitrogen and oxygen atoms in total. The number of aryl methyl sites for hydroxylation is 1. The number of hydrogen-bond acceptors (Lipinski definition) is 2. The van der Waals surface area contributed by atoms with Crippen molar-refractivity contribution in [1.29, 1.82) is 0 Å². The monoisotopic (exact) mass is 337 g/mol. The Hall–Kier alpha value is 0.430. The van der Waals surface area contributed by atoms with E-state index in [1.54, 1.807) is 11.3 Å². The summed E-state index contributed by atoms with van der Waals surface area (Å²) in [5.41, 5.74) is 0. The standard InChI is InChI=1S/C13H21BrClNS/c1-3-7-16-8-6-10(2)4-5-11-9-12(14)13(15)17-11/h9-10,16H,3-8H2,1-2H3. The maximum atomic E-state index is 6.02. The first-order valence-corrected chi connectivity index (χ1v) is 8.26. The van der Waals surface area contributed by atoms with Crippen molar-refractivity contribution in [3.05, 3.63) is 19.8 Å². The van der Waals surface area contributed by atoms with Gasteiger partial charge in [-0.3, -0.25) is 0 Å². The smallest absolute Gasteiger partial charge is 0.107 e. The van der Waals surface area contributed by atoms with Gasteiger partial charge >= 0.3 is 0 Å². The highest BCUT2D eigenvalue weighted by molar-refractivity contribution is 9.10. The Morgan fingerprint density at radius 3 is 2.76 bits per heavy atom. The van der Waals surface area contributed by atoms with E-state index < -0.39 is 0 Å². The highest BCUT2D eigenvalue weighted by Crippen LogP contribution is 2.33. The molecule has 0 amide bonds. The van der Waals surface area contributed by atoms with Crippen LogP contribution in [-0.4, -0.2) is 13.1 Å². The van der Waals surface area contributed by atoms with E-state index in [1.165, 1.54) is 24.1 Å². The van der Waals surface area contributed by atoms with Crippen molar-refractivity contribution in [2.45, 2.75) is 39.5 Å². The van der Waals surface area contributed by atoms with Gasteiger partial charge in [-0.15, -0.1) is 11.3 Å². The van der Waals surface area contributed by atoms with E-state index in [1.807, 2.05) is 0 Å². The number of nitrogens with one attached hydrogen (secondary N) is 1. The number of rotatable bonds is 8. The van der Waals surface area contributed by atoms with Crippen LogP contribution in [0.1, 0.15) is 38.0 Å². The molecule has 98 valence electrons. The topological polar surface area (TPSA) is 12.0 Å². The van der Waals surface area contributed by atoms with Gasteiger partial charge in [0.2, 0.25) is 0 Å². The van der Waals surface area contributed by atoms with Gasteiger partial charge in [-0.25, -0.2) is 0 Å². The quantitative estimate of drug-likeness (QED) is 0.648. The average Bonchev–Trinajstić information content (AvgIpc) is 2.62. The molecule has 0 saturated heterocycles. The fourth-order valence-electron chi connectivity index (χ4n) is 1.70.